The first-order chi connectivity index (χ1) is 9.24. The molecule has 0 saturated carbocycles. The van der Waals surface area contributed by atoms with Crippen molar-refractivity contribution in [1.29, 1.82) is 0 Å². The van der Waals surface area contributed by atoms with E-state index in [0.29, 0.717) is 10.8 Å². The number of nitrogens with two attached hydrogens (primary N) is 1. The third-order valence-electron chi connectivity index (χ3n) is 2.74. The van der Waals surface area contributed by atoms with Crippen LogP contribution in [-0.4, -0.2) is 9.97 Å². The Morgan fingerprint density at radius 3 is 2.58 bits per heavy atom. The summed E-state index contributed by atoms with van der Waals surface area (Å²) < 4.78 is 0. The van der Waals surface area contributed by atoms with Crippen molar-refractivity contribution < 1.29 is 0 Å². The van der Waals surface area contributed by atoms with Gasteiger partial charge in [-0.3, -0.25) is 0 Å². The summed E-state index contributed by atoms with van der Waals surface area (Å²) >= 11 is 7.85. The van der Waals surface area contributed by atoms with E-state index in [4.69, 9.17) is 17.3 Å². The highest BCUT2D eigenvalue weighted by Gasteiger charge is 2.08. The van der Waals surface area contributed by atoms with Crippen molar-refractivity contribution in [1.82, 2.24) is 9.97 Å². The van der Waals surface area contributed by atoms with Crippen molar-refractivity contribution in [2.75, 3.05) is 5.73 Å². The number of halogens is 1. The first-order valence-corrected chi connectivity index (χ1v) is 6.91. The van der Waals surface area contributed by atoms with Gasteiger partial charge in [-0.1, -0.05) is 17.7 Å². The monoisotopic (exact) mass is 287 g/mol. The van der Waals surface area contributed by atoms with Gasteiger partial charge in [-0.05, 0) is 24.3 Å². The number of benzene rings is 1. The second-order valence-electron chi connectivity index (χ2n) is 4.00. The number of aromatic nitrogens is 2. The van der Waals surface area contributed by atoms with Crippen molar-refractivity contribution in [3.05, 3.63) is 53.1 Å². The van der Waals surface area contributed by atoms with Crippen LogP contribution in [0.25, 0.3) is 21.7 Å². The topological polar surface area (TPSA) is 51.8 Å². The Balaban J connectivity index is 2.10. The van der Waals surface area contributed by atoms with Crippen molar-refractivity contribution >= 4 is 28.8 Å². The molecule has 0 unspecified atom stereocenters. The van der Waals surface area contributed by atoms with Gasteiger partial charge in [-0.15, -0.1) is 11.3 Å². The molecule has 0 spiro atoms. The molecule has 3 aromatic rings. The predicted octanol–water partition coefficient (Wildman–Crippen LogP) is 4.11. The molecule has 0 aliphatic rings. The molecule has 5 heteroatoms. The maximum atomic E-state index is 6.26. The van der Waals surface area contributed by atoms with E-state index in [-0.39, 0.29) is 0 Å². The molecule has 94 valence electrons. The fourth-order valence-corrected chi connectivity index (χ4v) is 2.67. The molecule has 0 bridgehead atoms. The third-order valence-corrected chi connectivity index (χ3v) is 3.89. The zero-order chi connectivity index (χ0) is 13.2. The molecule has 0 fully saturated rings. The van der Waals surface area contributed by atoms with Crippen LogP contribution in [0.4, 0.5) is 5.82 Å². The number of nitrogen functional groups attached to an aromatic ring is 1. The fraction of sp³-hybridized carbons (Fsp3) is 0. The molecule has 0 radical (unpaired) electrons. The van der Waals surface area contributed by atoms with Crippen LogP contribution >= 0.6 is 22.9 Å². The molecule has 3 nitrogen and oxygen atoms in total. The summed E-state index contributed by atoms with van der Waals surface area (Å²) in [5.41, 5.74) is 8.52. The van der Waals surface area contributed by atoms with Crippen LogP contribution in [0, 0.1) is 0 Å². The normalized spacial score (nSPS) is 10.6. The fourth-order valence-electron chi connectivity index (χ4n) is 1.81. The van der Waals surface area contributed by atoms with Crippen LogP contribution in [0.15, 0.2) is 48.1 Å². The minimum absolute atomic E-state index is 0.496. The van der Waals surface area contributed by atoms with Gasteiger partial charge in [-0.2, -0.15) is 0 Å². The zero-order valence-electron chi connectivity index (χ0n) is 9.88. The summed E-state index contributed by atoms with van der Waals surface area (Å²) in [6.45, 7) is 0. The van der Waals surface area contributed by atoms with Gasteiger partial charge < -0.3 is 5.73 Å². The van der Waals surface area contributed by atoms with Gasteiger partial charge in [0.2, 0.25) is 0 Å². The Bertz CT molecular complexity index is 693. The van der Waals surface area contributed by atoms with Gasteiger partial charge in [-0.25, -0.2) is 9.97 Å². The van der Waals surface area contributed by atoms with Gasteiger partial charge in [0.25, 0.3) is 0 Å². The lowest BCUT2D eigenvalue weighted by atomic mass is 10.0. The van der Waals surface area contributed by atoms with Gasteiger partial charge in [0.15, 0.2) is 0 Å². The lowest BCUT2D eigenvalue weighted by molar-refractivity contribution is 1.34. The zero-order valence-corrected chi connectivity index (χ0v) is 11.4. The van der Waals surface area contributed by atoms with E-state index >= 15 is 0 Å². The van der Waals surface area contributed by atoms with Gasteiger partial charge in [0.1, 0.15) is 10.8 Å². The van der Waals surface area contributed by atoms with E-state index in [1.54, 1.807) is 29.8 Å². The van der Waals surface area contributed by atoms with Crippen LogP contribution in [-0.2, 0) is 0 Å². The van der Waals surface area contributed by atoms with Gasteiger partial charge in [0, 0.05) is 39.5 Å². The minimum Gasteiger partial charge on any atom is -0.384 e. The van der Waals surface area contributed by atoms with Crippen LogP contribution < -0.4 is 5.73 Å². The average molecular weight is 288 g/mol. The van der Waals surface area contributed by atoms with Crippen LogP contribution in [0.2, 0.25) is 5.02 Å². The predicted molar refractivity (Wildman–Crippen MR) is 80.2 cm³/mol. The van der Waals surface area contributed by atoms with Crippen molar-refractivity contribution in [3.63, 3.8) is 0 Å². The highest BCUT2D eigenvalue weighted by Crippen LogP contribution is 2.33. The highest BCUT2D eigenvalue weighted by atomic mass is 35.5. The molecule has 2 aromatic heterocycles. The second kappa shape index (κ2) is 4.99. The number of hydrogen-bond donors (Lipinski definition) is 1. The van der Waals surface area contributed by atoms with E-state index < -0.39 is 0 Å². The Labute approximate surface area is 119 Å². The smallest absolute Gasteiger partial charge is 0.123 e. The molecule has 2 heterocycles. The SMILES string of the molecule is Nc1ccc(-c2cc(-c3nccs3)ccc2Cl)cn1. The van der Waals surface area contributed by atoms with Crippen LogP contribution in [0.5, 0.6) is 0 Å². The molecule has 0 amide bonds. The summed E-state index contributed by atoms with van der Waals surface area (Å²) in [5, 5.41) is 3.61. The Kier molecular flexibility index (Phi) is 3.19. The van der Waals surface area contributed by atoms with E-state index in [9.17, 15) is 0 Å². The van der Waals surface area contributed by atoms with Crippen LogP contribution in [0.3, 0.4) is 0 Å². The summed E-state index contributed by atoms with van der Waals surface area (Å²) in [5.74, 6) is 0.496. The number of pyridine rings is 1. The van der Waals surface area contributed by atoms with Gasteiger partial charge >= 0.3 is 0 Å². The third kappa shape index (κ3) is 2.45. The summed E-state index contributed by atoms with van der Waals surface area (Å²) in [6, 6.07) is 9.55. The summed E-state index contributed by atoms with van der Waals surface area (Å²) in [7, 11) is 0. The van der Waals surface area contributed by atoms with E-state index in [1.807, 2.05) is 29.6 Å². The lowest BCUT2D eigenvalue weighted by Gasteiger charge is -2.06. The van der Waals surface area contributed by atoms with E-state index in [1.165, 1.54) is 0 Å². The number of nitrogens with zero attached hydrogens (tertiary/aromatic N) is 2. The van der Waals surface area contributed by atoms with Crippen molar-refractivity contribution in [2.45, 2.75) is 0 Å². The molecular formula is C14H10ClN3S. The highest BCUT2D eigenvalue weighted by molar-refractivity contribution is 7.13. The Morgan fingerprint density at radius 2 is 1.89 bits per heavy atom. The number of rotatable bonds is 2. The second-order valence-corrected chi connectivity index (χ2v) is 5.31. The van der Waals surface area contributed by atoms with Crippen LogP contribution in [0.1, 0.15) is 0 Å². The molecular weight excluding hydrogens is 278 g/mol. The molecule has 3 rings (SSSR count). The largest absolute Gasteiger partial charge is 0.384 e. The molecule has 0 atom stereocenters. The van der Waals surface area contributed by atoms with Gasteiger partial charge in [0.05, 0.1) is 0 Å². The molecule has 2 N–H and O–H groups in total. The number of anilines is 1. The Morgan fingerprint density at radius 1 is 1.05 bits per heavy atom. The standard InChI is InChI=1S/C14H10ClN3S/c15-12-3-1-9(14-17-5-6-19-14)7-11(12)10-2-4-13(16)18-8-10/h1-8H,(H2,16,18). The molecule has 0 saturated heterocycles. The first kappa shape index (κ1) is 12.1. The quantitative estimate of drug-likeness (QED) is 0.772. The number of hydrogen-bond acceptors (Lipinski definition) is 4. The molecule has 1 aromatic carbocycles. The maximum Gasteiger partial charge on any atom is 0.123 e. The average Bonchev–Trinajstić information content (AvgIpc) is 2.94. The summed E-state index contributed by atoms with van der Waals surface area (Å²) in [6.07, 6.45) is 3.52. The summed E-state index contributed by atoms with van der Waals surface area (Å²) in [4.78, 5) is 8.40. The molecule has 0 aliphatic carbocycles. The maximum absolute atomic E-state index is 6.26. The van der Waals surface area contributed by atoms with E-state index in [2.05, 4.69) is 9.97 Å². The lowest BCUT2D eigenvalue weighted by Crippen LogP contribution is -1.89. The molecule has 19 heavy (non-hydrogen) atoms. The first-order valence-electron chi connectivity index (χ1n) is 5.65. The van der Waals surface area contributed by atoms with Crippen molar-refractivity contribution in [2.24, 2.45) is 0 Å². The number of thiazole rings is 1. The van der Waals surface area contributed by atoms with E-state index in [0.717, 1.165) is 21.7 Å². The minimum atomic E-state index is 0.496. The Hall–Kier alpha value is -1.91. The van der Waals surface area contributed by atoms with Crippen molar-refractivity contribution in [3.8, 4) is 21.7 Å². The molecule has 0 aliphatic heterocycles.